The largest absolute Gasteiger partial charge is 0.315 e. The van der Waals surface area contributed by atoms with Crippen LogP contribution in [-0.2, 0) is 21.2 Å². The molecule has 2 rings (SSSR count). The van der Waals surface area contributed by atoms with Crippen molar-refractivity contribution >= 4 is 21.6 Å². The molecule has 1 N–H and O–H groups in total. The monoisotopic (exact) mass is 402 g/mol. The van der Waals surface area contributed by atoms with Crippen molar-refractivity contribution in [3.05, 3.63) is 59.2 Å². The number of sulfonamides is 1. The van der Waals surface area contributed by atoms with Crippen molar-refractivity contribution in [2.45, 2.75) is 57.9 Å². The number of nitrogens with one attached hydrogen (secondary N) is 1. The standard InChI is InChI=1S/C22H30N2O3S/c1-16-7-11-19(15-17(16)2)24(6)21(25)14-10-18-8-12-20(13-9-18)28(26,27)23-22(3,4)5/h7-9,11-13,15,23H,10,14H2,1-6H3. The summed E-state index contributed by atoms with van der Waals surface area (Å²) < 4.78 is 27.3. The average molecular weight is 403 g/mol. The van der Waals surface area contributed by atoms with Crippen LogP contribution in [0, 0.1) is 13.8 Å². The molecule has 0 radical (unpaired) electrons. The smallest absolute Gasteiger partial charge is 0.241 e. The number of nitrogens with zero attached hydrogens (tertiary/aromatic N) is 1. The Labute approximate surface area is 168 Å². The minimum atomic E-state index is -3.55. The van der Waals surface area contributed by atoms with Gasteiger partial charge in [0.2, 0.25) is 15.9 Å². The highest BCUT2D eigenvalue weighted by Gasteiger charge is 2.21. The predicted octanol–water partition coefficient (Wildman–Crippen LogP) is 3.98. The maximum Gasteiger partial charge on any atom is 0.241 e. The minimum Gasteiger partial charge on any atom is -0.315 e. The minimum absolute atomic E-state index is 0.0225. The first-order valence-corrected chi connectivity index (χ1v) is 10.8. The summed E-state index contributed by atoms with van der Waals surface area (Å²) in [6.45, 7) is 9.48. The molecule has 0 aliphatic rings. The van der Waals surface area contributed by atoms with E-state index in [-0.39, 0.29) is 10.8 Å². The van der Waals surface area contributed by atoms with Gasteiger partial charge in [0.05, 0.1) is 4.90 Å². The SMILES string of the molecule is Cc1ccc(N(C)C(=O)CCc2ccc(S(=O)(=O)NC(C)(C)C)cc2)cc1C. The van der Waals surface area contributed by atoms with Gasteiger partial charge in [-0.25, -0.2) is 13.1 Å². The van der Waals surface area contributed by atoms with Gasteiger partial charge in [-0.3, -0.25) is 4.79 Å². The van der Waals surface area contributed by atoms with Gasteiger partial charge in [0.15, 0.2) is 0 Å². The van der Waals surface area contributed by atoms with E-state index in [0.29, 0.717) is 12.8 Å². The lowest BCUT2D eigenvalue weighted by molar-refractivity contribution is -0.118. The first-order valence-electron chi connectivity index (χ1n) is 9.36. The Bertz CT molecular complexity index is 943. The topological polar surface area (TPSA) is 66.5 Å². The molecule has 0 heterocycles. The molecule has 5 nitrogen and oxygen atoms in total. The van der Waals surface area contributed by atoms with Crippen LogP contribution in [0.1, 0.15) is 43.9 Å². The second-order valence-electron chi connectivity index (χ2n) is 8.22. The first kappa shape index (κ1) is 22.1. The van der Waals surface area contributed by atoms with Crippen LogP contribution < -0.4 is 9.62 Å². The normalized spacial score (nSPS) is 12.1. The lowest BCUT2D eigenvalue weighted by Crippen LogP contribution is -2.40. The second kappa shape index (κ2) is 8.45. The molecule has 0 bridgehead atoms. The molecule has 2 aromatic carbocycles. The van der Waals surface area contributed by atoms with Crippen LogP contribution >= 0.6 is 0 Å². The van der Waals surface area contributed by atoms with E-state index in [1.807, 2.05) is 32.0 Å². The highest BCUT2D eigenvalue weighted by atomic mass is 32.2. The fourth-order valence-electron chi connectivity index (χ4n) is 2.79. The molecule has 2 aromatic rings. The third-order valence-corrected chi connectivity index (χ3v) is 6.33. The summed E-state index contributed by atoms with van der Waals surface area (Å²) in [5.41, 5.74) is 3.61. The zero-order valence-electron chi connectivity index (χ0n) is 17.5. The Morgan fingerprint density at radius 2 is 1.61 bits per heavy atom. The molecular weight excluding hydrogens is 372 g/mol. The lowest BCUT2D eigenvalue weighted by Gasteiger charge is -2.20. The summed E-state index contributed by atoms with van der Waals surface area (Å²) in [6.07, 6.45) is 0.913. The second-order valence-corrected chi connectivity index (χ2v) is 9.90. The molecule has 1 amide bonds. The number of carbonyl (C=O) groups excluding carboxylic acids is 1. The number of amides is 1. The van der Waals surface area contributed by atoms with E-state index >= 15 is 0 Å². The molecule has 0 atom stereocenters. The van der Waals surface area contributed by atoms with E-state index in [0.717, 1.165) is 16.8 Å². The Balaban J connectivity index is 2.01. The molecule has 0 aliphatic heterocycles. The molecule has 6 heteroatoms. The van der Waals surface area contributed by atoms with Crippen molar-refractivity contribution in [1.82, 2.24) is 4.72 Å². The van der Waals surface area contributed by atoms with Gasteiger partial charge < -0.3 is 4.90 Å². The summed E-state index contributed by atoms with van der Waals surface area (Å²) in [6, 6.07) is 12.7. The zero-order valence-corrected chi connectivity index (χ0v) is 18.4. The number of anilines is 1. The Morgan fingerprint density at radius 3 is 2.14 bits per heavy atom. The van der Waals surface area contributed by atoms with Crippen LogP contribution in [0.4, 0.5) is 5.69 Å². The highest BCUT2D eigenvalue weighted by molar-refractivity contribution is 7.89. The van der Waals surface area contributed by atoms with Crippen LogP contribution in [0.25, 0.3) is 0 Å². The zero-order chi connectivity index (χ0) is 21.1. The number of hydrogen-bond donors (Lipinski definition) is 1. The summed E-state index contributed by atoms with van der Waals surface area (Å²) in [4.78, 5) is 14.4. The number of aryl methyl sites for hydroxylation is 3. The van der Waals surface area contributed by atoms with Crippen molar-refractivity contribution in [2.24, 2.45) is 0 Å². The van der Waals surface area contributed by atoms with Gasteiger partial charge in [-0.15, -0.1) is 0 Å². The molecule has 0 aliphatic carbocycles. The molecule has 0 fully saturated rings. The van der Waals surface area contributed by atoms with Crippen molar-refractivity contribution in [3.8, 4) is 0 Å². The van der Waals surface area contributed by atoms with Gasteiger partial charge in [-0.1, -0.05) is 18.2 Å². The van der Waals surface area contributed by atoms with E-state index in [1.54, 1.807) is 57.0 Å². The quantitative estimate of drug-likeness (QED) is 0.795. The molecular formula is C22H30N2O3S. The third kappa shape index (κ3) is 5.91. The predicted molar refractivity (Wildman–Crippen MR) is 114 cm³/mol. The van der Waals surface area contributed by atoms with Crippen LogP contribution in [0.5, 0.6) is 0 Å². The van der Waals surface area contributed by atoms with E-state index in [2.05, 4.69) is 4.72 Å². The van der Waals surface area contributed by atoms with Gasteiger partial charge >= 0.3 is 0 Å². The molecule has 0 unspecified atom stereocenters. The van der Waals surface area contributed by atoms with Crippen molar-refractivity contribution in [3.63, 3.8) is 0 Å². The third-order valence-electron chi connectivity index (χ3n) is 4.55. The van der Waals surface area contributed by atoms with Gasteiger partial charge in [0.1, 0.15) is 0 Å². The molecule has 152 valence electrons. The Hall–Kier alpha value is -2.18. The fourth-order valence-corrected chi connectivity index (χ4v) is 4.21. The molecule has 0 saturated carbocycles. The summed E-state index contributed by atoms with van der Waals surface area (Å²) in [7, 11) is -1.77. The average Bonchev–Trinajstić information content (AvgIpc) is 2.59. The molecule has 0 aromatic heterocycles. The first-order chi connectivity index (χ1) is 12.9. The number of rotatable bonds is 6. The van der Waals surface area contributed by atoms with Gasteiger partial charge in [0, 0.05) is 24.7 Å². The van der Waals surface area contributed by atoms with Crippen molar-refractivity contribution in [1.29, 1.82) is 0 Å². The maximum atomic E-state index is 12.5. The summed E-state index contributed by atoms with van der Waals surface area (Å²) >= 11 is 0. The number of hydrogen-bond acceptors (Lipinski definition) is 3. The number of carbonyl (C=O) groups is 1. The Morgan fingerprint density at radius 1 is 1.00 bits per heavy atom. The van der Waals surface area contributed by atoms with E-state index in [9.17, 15) is 13.2 Å². The molecule has 0 spiro atoms. The fraction of sp³-hybridized carbons (Fsp3) is 0.409. The van der Waals surface area contributed by atoms with Crippen LogP contribution in [0.3, 0.4) is 0 Å². The van der Waals surface area contributed by atoms with Crippen LogP contribution in [-0.4, -0.2) is 26.9 Å². The van der Waals surface area contributed by atoms with Crippen molar-refractivity contribution < 1.29 is 13.2 Å². The van der Waals surface area contributed by atoms with Crippen LogP contribution in [0.15, 0.2) is 47.4 Å². The van der Waals surface area contributed by atoms with Crippen molar-refractivity contribution in [2.75, 3.05) is 11.9 Å². The van der Waals surface area contributed by atoms with E-state index in [4.69, 9.17) is 0 Å². The van der Waals surface area contributed by atoms with Gasteiger partial charge in [-0.05, 0) is 82.0 Å². The summed E-state index contributed by atoms with van der Waals surface area (Å²) in [5.74, 6) is 0.0225. The summed E-state index contributed by atoms with van der Waals surface area (Å²) in [5, 5.41) is 0. The molecule has 0 saturated heterocycles. The van der Waals surface area contributed by atoms with Gasteiger partial charge in [-0.2, -0.15) is 0 Å². The number of benzene rings is 2. The Kier molecular flexibility index (Phi) is 6.67. The maximum absolute atomic E-state index is 12.5. The van der Waals surface area contributed by atoms with Crippen LogP contribution in [0.2, 0.25) is 0 Å². The lowest BCUT2D eigenvalue weighted by atomic mass is 10.1. The van der Waals surface area contributed by atoms with Gasteiger partial charge in [0.25, 0.3) is 0 Å². The van der Waals surface area contributed by atoms with E-state index in [1.165, 1.54) is 5.56 Å². The molecule has 28 heavy (non-hydrogen) atoms. The van der Waals surface area contributed by atoms with E-state index < -0.39 is 15.6 Å². The highest BCUT2D eigenvalue weighted by Crippen LogP contribution is 2.19.